The standard InChI is InChI=1S/C23H23N2/c1-16-10-5-6-13-19(16)23-24(4)20-14-7-8-15-21(20)25(23)22-17(2)11-9-12-18(22)3/h5-15H,1-4H3/q+1/i2D3. The van der Waals surface area contributed by atoms with E-state index in [1.807, 2.05) is 56.4 Å². The lowest BCUT2D eigenvalue weighted by Crippen LogP contribution is -2.30. The highest BCUT2D eigenvalue weighted by Crippen LogP contribution is 2.31. The lowest BCUT2D eigenvalue weighted by Gasteiger charge is -2.10. The maximum absolute atomic E-state index is 8.11. The Kier molecular flexibility index (Phi) is 2.94. The number of para-hydroxylation sites is 3. The first-order valence-corrected chi connectivity index (χ1v) is 8.46. The molecular formula is C23H23N2+. The van der Waals surface area contributed by atoms with Gasteiger partial charge in [-0.2, -0.15) is 4.57 Å². The van der Waals surface area contributed by atoms with E-state index < -0.39 is 6.85 Å². The number of imidazole rings is 1. The van der Waals surface area contributed by atoms with Gasteiger partial charge in [-0.25, -0.2) is 4.57 Å². The Labute approximate surface area is 153 Å². The van der Waals surface area contributed by atoms with Crippen molar-refractivity contribution in [3.63, 3.8) is 0 Å². The molecular weight excluding hydrogens is 304 g/mol. The molecule has 0 radical (unpaired) electrons. The molecule has 3 aromatic carbocycles. The summed E-state index contributed by atoms with van der Waals surface area (Å²) < 4.78 is 28.6. The maximum atomic E-state index is 8.11. The second-order valence-electron chi connectivity index (χ2n) is 6.49. The van der Waals surface area contributed by atoms with Gasteiger partial charge in [-0.1, -0.05) is 48.5 Å². The van der Waals surface area contributed by atoms with E-state index in [9.17, 15) is 0 Å². The van der Waals surface area contributed by atoms with Crippen molar-refractivity contribution in [3.05, 3.63) is 83.4 Å². The van der Waals surface area contributed by atoms with Gasteiger partial charge in [0.2, 0.25) is 0 Å². The van der Waals surface area contributed by atoms with Gasteiger partial charge in [-0.15, -0.1) is 0 Å². The molecule has 0 fully saturated rings. The number of rotatable bonds is 2. The van der Waals surface area contributed by atoms with Crippen LogP contribution in [0.5, 0.6) is 0 Å². The molecule has 1 heterocycles. The van der Waals surface area contributed by atoms with Crippen LogP contribution in [0.25, 0.3) is 28.1 Å². The van der Waals surface area contributed by atoms with Crippen LogP contribution in [0.1, 0.15) is 20.8 Å². The maximum Gasteiger partial charge on any atom is 0.295 e. The highest BCUT2D eigenvalue weighted by Gasteiger charge is 2.28. The van der Waals surface area contributed by atoms with Crippen molar-refractivity contribution in [2.75, 3.05) is 0 Å². The Morgan fingerprint density at radius 2 is 1.48 bits per heavy atom. The Bertz CT molecular complexity index is 1190. The van der Waals surface area contributed by atoms with Crippen molar-refractivity contribution in [2.45, 2.75) is 20.7 Å². The van der Waals surface area contributed by atoms with Crippen molar-refractivity contribution in [1.82, 2.24) is 4.57 Å². The number of hydrogen-bond acceptors (Lipinski definition) is 0. The fourth-order valence-electron chi connectivity index (χ4n) is 3.62. The third-order valence-electron chi connectivity index (χ3n) is 4.86. The van der Waals surface area contributed by atoms with E-state index in [1.54, 1.807) is 6.07 Å². The van der Waals surface area contributed by atoms with Gasteiger partial charge >= 0.3 is 0 Å². The van der Waals surface area contributed by atoms with Gasteiger partial charge < -0.3 is 0 Å². The summed E-state index contributed by atoms with van der Waals surface area (Å²) in [7, 11) is 2.04. The van der Waals surface area contributed by atoms with E-state index in [1.165, 1.54) is 0 Å². The minimum atomic E-state index is -2.20. The first-order valence-electron chi connectivity index (χ1n) is 9.96. The second kappa shape index (κ2) is 5.89. The van der Waals surface area contributed by atoms with Gasteiger partial charge in [0.15, 0.2) is 11.0 Å². The van der Waals surface area contributed by atoms with Gasteiger partial charge in [0.25, 0.3) is 5.82 Å². The summed E-state index contributed by atoms with van der Waals surface area (Å²) >= 11 is 0. The summed E-state index contributed by atoms with van der Waals surface area (Å²) in [6.07, 6.45) is 0. The fourth-order valence-corrected chi connectivity index (χ4v) is 3.62. The van der Waals surface area contributed by atoms with E-state index >= 15 is 0 Å². The zero-order valence-electron chi connectivity index (χ0n) is 17.7. The van der Waals surface area contributed by atoms with Crippen LogP contribution in [0.2, 0.25) is 0 Å². The largest absolute Gasteiger partial charge is 0.295 e. The third kappa shape index (κ3) is 2.37. The van der Waals surface area contributed by atoms with Gasteiger partial charge in [0.1, 0.15) is 5.69 Å². The van der Waals surface area contributed by atoms with Gasteiger partial charge in [-0.3, -0.25) is 0 Å². The van der Waals surface area contributed by atoms with Crippen LogP contribution < -0.4 is 4.57 Å². The number of fused-ring (bicyclic) bond motifs is 1. The fraction of sp³-hybridized carbons (Fsp3) is 0.174. The van der Waals surface area contributed by atoms with Crippen LogP contribution in [-0.2, 0) is 7.05 Å². The number of aromatic nitrogens is 2. The topological polar surface area (TPSA) is 8.81 Å². The molecule has 2 heteroatoms. The molecule has 25 heavy (non-hydrogen) atoms. The number of nitrogens with zero attached hydrogens (tertiary/aromatic N) is 2. The third-order valence-corrected chi connectivity index (χ3v) is 4.86. The second-order valence-corrected chi connectivity index (χ2v) is 6.49. The lowest BCUT2D eigenvalue weighted by molar-refractivity contribution is -0.633. The zero-order valence-corrected chi connectivity index (χ0v) is 14.7. The van der Waals surface area contributed by atoms with E-state index in [0.29, 0.717) is 5.56 Å². The number of aryl methyl sites for hydroxylation is 4. The van der Waals surface area contributed by atoms with Crippen LogP contribution in [0.4, 0.5) is 0 Å². The SMILES string of the molecule is [2H]C([2H])([2H])c1cccc(C)c1-n1c(-c2ccccc2C)[n+](C)c2ccccc21. The van der Waals surface area contributed by atoms with E-state index in [4.69, 9.17) is 4.11 Å². The summed E-state index contributed by atoms with van der Waals surface area (Å²) in [5, 5.41) is 0. The van der Waals surface area contributed by atoms with Crippen LogP contribution in [-0.4, -0.2) is 4.57 Å². The molecule has 0 saturated carbocycles. The van der Waals surface area contributed by atoms with E-state index in [-0.39, 0.29) is 0 Å². The van der Waals surface area contributed by atoms with Gasteiger partial charge in [0, 0.05) is 4.11 Å². The quantitative estimate of drug-likeness (QED) is 0.455. The monoisotopic (exact) mass is 330 g/mol. The molecule has 0 spiro atoms. The van der Waals surface area contributed by atoms with Gasteiger partial charge in [-0.05, 0) is 55.6 Å². The first-order chi connectivity index (χ1) is 13.3. The van der Waals surface area contributed by atoms with Crippen molar-refractivity contribution >= 4 is 11.0 Å². The summed E-state index contributed by atoms with van der Waals surface area (Å²) in [4.78, 5) is 0. The molecule has 4 rings (SSSR count). The molecule has 124 valence electrons. The molecule has 0 amide bonds. The molecule has 0 aliphatic rings. The predicted molar refractivity (Wildman–Crippen MR) is 104 cm³/mol. The average molecular weight is 330 g/mol. The van der Waals surface area contributed by atoms with Crippen LogP contribution >= 0.6 is 0 Å². The summed E-state index contributed by atoms with van der Waals surface area (Å²) in [5.74, 6) is 0.971. The minimum Gasteiger partial charge on any atom is -0.225 e. The summed E-state index contributed by atoms with van der Waals surface area (Å²) in [6.45, 7) is 1.86. The normalized spacial score (nSPS) is 13.5. The van der Waals surface area contributed by atoms with Crippen LogP contribution in [0, 0.1) is 20.7 Å². The molecule has 0 unspecified atom stereocenters. The molecule has 0 bridgehead atoms. The molecule has 0 N–H and O–H groups in total. The predicted octanol–water partition coefficient (Wildman–Crippen LogP) is 5.05. The average Bonchev–Trinajstić information content (AvgIpc) is 2.94. The van der Waals surface area contributed by atoms with Crippen LogP contribution in [0.3, 0.4) is 0 Å². The van der Waals surface area contributed by atoms with Crippen molar-refractivity contribution in [2.24, 2.45) is 7.05 Å². The molecule has 0 aliphatic carbocycles. The molecule has 1 aromatic heterocycles. The smallest absolute Gasteiger partial charge is 0.225 e. The zero-order chi connectivity index (χ0) is 20.1. The van der Waals surface area contributed by atoms with E-state index in [2.05, 4.69) is 34.3 Å². The molecule has 0 saturated heterocycles. The van der Waals surface area contributed by atoms with E-state index in [0.717, 1.165) is 39.2 Å². The minimum absolute atomic E-state index is 0.365. The summed E-state index contributed by atoms with van der Waals surface area (Å²) in [5.41, 5.74) is 6.31. The first kappa shape index (κ1) is 12.5. The highest BCUT2D eigenvalue weighted by atomic mass is 15.2. The molecule has 0 aliphatic heterocycles. The Balaban J connectivity index is 2.22. The number of benzene rings is 3. The Hall–Kier alpha value is -2.87. The molecule has 4 aromatic rings. The van der Waals surface area contributed by atoms with Crippen LogP contribution in [0.15, 0.2) is 66.7 Å². The van der Waals surface area contributed by atoms with Crippen molar-refractivity contribution in [3.8, 4) is 17.1 Å². The lowest BCUT2D eigenvalue weighted by atomic mass is 10.1. The van der Waals surface area contributed by atoms with Crippen molar-refractivity contribution < 1.29 is 8.68 Å². The summed E-state index contributed by atoms with van der Waals surface area (Å²) in [6, 6.07) is 21.8. The molecule has 2 nitrogen and oxygen atoms in total. The van der Waals surface area contributed by atoms with Gasteiger partial charge in [0.05, 0.1) is 12.6 Å². The van der Waals surface area contributed by atoms with Crippen molar-refractivity contribution in [1.29, 1.82) is 0 Å². The number of hydrogen-bond donors (Lipinski definition) is 0. The molecule has 0 atom stereocenters. The Morgan fingerprint density at radius 3 is 2.28 bits per heavy atom. The highest BCUT2D eigenvalue weighted by molar-refractivity contribution is 5.80. The Morgan fingerprint density at radius 1 is 0.800 bits per heavy atom.